The molecule has 2 nitrogen and oxygen atoms in total. The van der Waals surface area contributed by atoms with E-state index in [9.17, 15) is 0 Å². The average molecular weight is 146 g/mol. The van der Waals surface area contributed by atoms with E-state index in [0.717, 1.165) is 16.8 Å². The van der Waals surface area contributed by atoms with Gasteiger partial charge in [0, 0.05) is 11.9 Å². The monoisotopic (exact) mass is 146 g/mol. The first-order valence-electron chi connectivity index (χ1n) is 3.53. The zero-order chi connectivity index (χ0) is 8.27. The van der Waals surface area contributed by atoms with Crippen LogP contribution in [-0.2, 0) is 6.42 Å². The zero-order valence-corrected chi connectivity index (χ0v) is 6.76. The number of hydrogen-bond donors (Lipinski definition) is 0. The van der Waals surface area contributed by atoms with E-state index in [1.54, 1.807) is 0 Å². The highest BCUT2D eigenvalue weighted by Gasteiger charge is 1.97. The highest BCUT2D eigenvalue weighted by atomic mass is 14.7. The molecule has 0 atom stereocenters. The lowest BCUT2D eigenvalue weighted by molar-refractivity contribution is 1.09. The highest BCUT2D eigenvalue weighted by Crippen LogP contribution is 2.06. The lowest BCUT2D eigenvalue weighted by Gasteiger charge is -2.00. The summed E-state index contributed by atoms with van der Waals surface area (Å²) in [5.74, 6) is 0. The third-order valence-electron chi connectivity index (χ3n) is 1.60. The number of rotatable bonds is 1. The van der Waals surface area contributed by atoms with Gasteiger partial charge in [0.1, 0.15) is 0 Å². The van der Waals surface area contributed by atoms with E-state index < -0.39 is 0 Å². The molecular weight excluding hydrogens is 136 g/mol. The van der Waals surface area contributed by atoms with Crippen molar-refractivity contribution in [3.63, 3.8) is 0 Å². The number of hydrogen-bond acceptors (Lipinski definition) is 2. The lowest BCUT2D eigenvalue weighted by Crippen LogP contribution is -1.91. The van der Waals surface area contributed by atoms with Crippen LogP contribution >= 0.6 is 0 Å². The van der Waals surface area contributed by atoms with Gasteiger partial charge in [0.2, 0.25) is 0 Å². The highest BCUT2D eigenvalue weighted by molar-refractivity contribution is 5.25. The minimum atomic E-state index is 0.459. The second-order valence-corrected chi connectivity index (χ2v) is 2.59. The largest absolute Gasteiger partial charge is 0.261 e. The number of nitrogens with zero attached hydrogens (tertiary/aromatic N) is 2. The quantitative estimate of drug-likeness (QED) is 0.605. The van der Waals surface area contributed by atoms with Gasteiger partial charge in [-0.15, -0.1) is 0 Å². The van der Waals surface area contributed by atoms with Crippen molar-refractivity contribution in [3.8, 4) is 6.07 Å². The molecule has 0 saturated carbocycles. The molecule has 0 aliphatic heterocycles. The molecule has 0 aromatic carbocycles. The second-order valence-electron chi connectivity index (χ2n) is 2.59. The fourth-order valence-corrected chi connectivity index (χ4v) is 0.962. The fourth-order valence-electron chi connectivity index (χ4n) is 0.962. The van der Waals surface area contributed by atoms with Crippen LogP contribution in [0.15, 0.2) is 12.3 Å². The molecule has 0 amide bonds. The molecular formula is C9H10N2. The molecule has 0 unspecified atom stereocenters. The van der Waals surface area contributed by atoms with Gasteiger partial charge in [0.05, 0.1) is 12.5 Å². The standard InChI is InChI=1S/C9H10N2/c1-7-5-9(3-4-10)8(2)11-6-7/h5-6H,3H2,1-2H3. The number of aryl methyl sites for hydroxylation is 2. The van der Waals surface area contributed by atoms with E-state index in [4.69, 9.17) is 5.26 Å². The smallest absolute Gasteiger partial charge is 0.0670 e. The Bertz CT molecular complexity index is 297. The van der Waals surface area contributed by atoms with Crippen molar-refractivity contribution >= 4 is 0 Å². The maximum atomic E-state index is 8.46. The summed E-state index contributed by atoms with van der Waals surface area (Å²) in [5.41, 5.74) is 3.10. The molecule has 1 aromatic heterocycles. The van der Waals surface area contributed by atoms with Crippen LogP contribution in [-0.4, -0.2) is 4.98 Å². The van der Waals surface area contributed by atoms with Crippen molar-refractivity contribution in [2.45, 2.75) is 20.3 Å². The second kappa shape index (κ2) is 3.16. The maximum absolute atomic E-state index is 8.46. The van der Waals surface area contributed by atoms with Crippen LogP contribution in [0.25, 0.3) is 0 Å². The summed E-state index contributed by atoms with van der Waals surface area (Å²) in [5, 5.41) is 8.46. The predicted octanol–water partition coefficient (Wildman–Crippen LogP) is 1.76. The fraction of sp³-hybridized carbons (Fsp3) is 0.333. The van der Waals surface area contributed by atoms with Crippen LogP contribution in [0, 0.1) is 25.2 Å². The van der Waals surface area contributed by atoms with Gasteiger partial charge in [-0.3, -0.25) is 4.98 Å². The van der Waals surface area contributed by atoms with Gasteiger partial charge in [-0.2, -0.15) is 5.26 Å². The first kappa shape index (κ1) is 7.74. The minimum absolute atomic E-state index is 0.459. The van der Waals surface area contributed by atoms with Gasteiger partial charge in [0.25, 0.3) is 0 Å². The Labute approximate surface area is 66.5 Å². The summed E-state index contributed by atoms with van der Waals surface area (Å²) in [7, 11) is 0. The summed E-state index contributed by atoms with van der Waals surface area (Å²) >= 11 is 0. The molecule has 0 aliphatic carbocycles. The van der Waals surface area contributed by atoms with E-state index in [1.807, 2.05) is 26.1 Å². The third kappa shape index (κ3) is 1.78. The van der Waals surface area contributed by atoms with Crippen molar-refractivity contribution < 1.29 is 0 Å². The van der Waals surface area contributed by atoms with E-state index in [1.165, 1.54) is 0 Å². The molecule has 0 fully saturated rings. The Balaban J connectivity index is 3.05. The van der Waals surface area contributed by atoms with E-state index in [0.29, 0.717) is 6.42 Å². The summed E-state index contributed by atoms with van der Waals surface area (Å²) in [4.78, 5) is 4.15. The van der Waals surface area contributed by atoms with Crippen LogP contribution in [0.3, 0.4) is 0 Å². The van der Waals surface area contributed by atoms with E-state index >= 15 is 0 Å². The van der Waals surface area contributed by atoms with Gasteiger partial charge in [-0.25, -0.2) is 0 Å². The molecule has 0 aliphatic rings. The van der Waals surface area contributed by atoms with E-state index in [-0.39, 0.29) is 0 Å². The molecule has 0 N–H and O–H groups in total. The molecule has 0 saturated heterocycles. The molecule has 11 heavy (non-hydrogen) atoms. The van der Waals surface area contributed by atoms with E-state index in [2.05, 4.69) is 11.1 Å². The first-order chi connectivity index (χ1) is 5.24. The molecule has 0 spiro atoms. The van der Waals surface area contributed by atoms with Crippen LogP contribution in [0.1, 0.15) is 16.8 Å². The molecule has 1 aromatic rings. The van der Waals surface area contributed by atoms with Gasteiger partial charge < -0.3 is 0 Å². The van der Waals surface area contributed by atoms with Crippen LogP contribution in [0.4, 0.5) is 0 Å². The SMILES string of the molecule is Cc1cnc(C)c(CC#N)c1. The van der Waals surface area contributed by atoms with Crippen molar-refractivity contribution in [2.24, 2.45) is 0 Å². The molecule has 0 bridgehead atoms. The Morgan fingerprint density at radius 3 is 2.91 bits per heavy atom. The number of pyridine rings is 1. The average Bonchev–Trinajstić information content (AvgIpc) is 1.98. The van der Waals surface area contributed by atoms with Gasteiger partial charge in [-0.05, 0) is 25.0 Å². The summed E-state index contributed by atoms with van der Waals surface area (Å²) in [6.07, 6.45) is 2.27. The Morgan fingerprint density at radius 2 is 2.27 bits per heavy atom. The van der Waals surface area contributed by atoms with Crippen LogP contribution in [0.2, 0.25) is 0 Å². The molecule has 1 rings (SSSR count). The predicted molar refractivity (Wildman–Crippen MR) is 43.0 cm³/mol. The topological polar surface area (TPSA) is 36.7 Å². The molecule has 2 heteroatoms. The van der Waals surface area contributed by atoms with Crippen LogP contribution < -0.4 is 0 Å². The minimum Gasteiger partial charge on any atom is -0.261 e. The Kier molecular flexibility index (Phi) is 2.22. The normalized spacial score (nSPS) is 9.18. The lowest BCUT2D eigenvalue weighted by atomic mass is 10.1. The van der Waals surface area contributed by atoms with Crippen molar-refractivity contribution in [1.82, 2.24) is 4.98 Å². The Morgan fingerprint density at radius 1 is 1.55 bits per heavy atom. The molecule has 1 heterocycles. The molecule has 56 valence electrons. The zero-order valence-electron chi connectivity index (χ0n) is 6.76. The number of nitriles is 1. The van der Waals surface area contributed by atoms with Gasteiger partial charge >= 0.3 is 0 Å². The van der Waals surface area contributed by atoms with Gasteiger partial charge in [0.15, 0.2) is 0 Å². The Hall–Kier alpha value is -1.36. The van der Waals surface area contributed by atoms with Crippen molar-refractivity contribution in [3.05, 3.63) is 29.1 Å². The number of aromatic nitrogens is 1. The summed E-state index contributed by atoms with van der Waals surface area (Å²) in [6.45, 7) is 3.90. The summed E-state index contributed by atoms with van der Waals surface area (Å²) in [6, 6.07) is 4.12. The van der Waals surface area contributed by atoms with Crippen molar-refractivity contribution in [1.29, 1.82) is 5.26 Å². The van der Waals surface area contributed by atoms with Crippen molar-refractivity contribution in [2.75, 3.05) is 0 Å². The maximum Gasteiger partial charge on any atom is 0.0670 e. The van der Waals surface area contributed by atoms with Gasteiger partial charge in [-0.1, -0.05) is 6.07 Å². The molecule has 0 radical (unpaired) electrons. The summed E-state index contributed by atoms with van der Waals surface area (Å²) < 4.78 is 0. The first-order valence-corrected chi connectivity index (χ1v) is 3.53. The third-order valence-corrected chi connectivity index (χ3v) is 1.60. The van der Waals surface area contributed by atoms with Crippen LogP contribution in [0.5, 0.6) is 0 Å².